The Morgan fingerprint density at radius 2 is 1.42 bits per heavy atom. The minimum Gasteiger partial charge on any atom is -0.493 e. The van der Waals surface area contributed by atoms with Gasteiger partial charge in [-0.05, 0) is 42.0 Å². The van der Waals surface area contributed by atoms with Crippen LogP contribution < -0.4 is 33.3 Å². The van der Waals surface area contributed by atoms with Gasteiger partial charge in [0.15, 0.2) is 23.0 Å². The molecule has 10 nitrogen and oxygen atoms in total. The van der Waals surface area contributed by atoms with Crippen molar-refractivity contribution in [2.45, 2.75) is 11.4 Å². The van der Waals surface area contributed by atoms with Gasteiger partial charge >= 0.3 is 0 Å². The lowest BCUT2D eigenvalue weighted by Crippen LogP contribution is -2.41. The smallest absolute Gasteiger partial charge is 0.265 e. The molecule has 0 aliphatic rings. The van der Waals surface area contributed by atoms with Crippen LogP contribution in [0.1, 0.15) is 5.56 Å². The van der Waals surface area contributed by atoms with Gasteiger partial charge in [-0.2, -0.15) is 0 Å². The maximum Gasteiger partial charge on any atom is 0.265 e. The number of nitrogens with one attached hydrogen (secondary N) is 1. The molecule has 1 N–H and O–H groups in total. The average molecular weight is 549 g/mol. The van der Waals surface area contributed by atoms with Crippen molar-refractivity contribution >= 4 is 21.6 Å². The van der Waals surface area contributed by atoms with Crippen LogP contribution in [0.2, 0.25) is 0 Å². The van der Waals surface area contributed by atoms with Gasteiger partial charge in [-0.15, -0.1) is 0 Å². The zero-order valence-corrected chi connectivity index (χ0v) is 22.4. The van der Waals surface area contributed by atoms with E-state index < -0.39 is 28.3 Å². The molecular weight excluding hydrogens is 519 g/mol. The number of hydrogen-bond acceptors (Lipinski definition) is 8. The molecule has 0 spiro atoms. The highest BCUT2D eigenvalue weighted by molar-refractivity contribution is 7.92. The summed E-state index contributed by atoms with van der Waals surface area (Å²) in [5.74, 6) is 0.151. The zero-order valence-electron chi connectivity index (χ0n) is 21.6. The van der Waals surface area contributed by atoms with Crippen molar-refractivity contribution < 1.29 is 41.3 Å². The summed E-state index contributed by atoms with van der Waals surface area (Å²) in [5, 5.41) is 2.66. The zero-order chi connectivity index (χ0) is 27.9. The number of anilines is 1. The Balaban J connectivity index is 1.92. The number of ether oxygens (including phenoxy) is 5. The van der Waals surface area contributed by atoms with Crippen molar-refractivity contribution in [1.29, 1.82) is 0 Å². The summed E-state index contributed by atoms with van der Waals surface area (Å²) in [6.45, 7) is -0.681. The molecule has 0 unspecified atom stereocenters. The molecule has 0 aliphatic carbocycles. The Morgan fingerprint density at radius 1 is 0.816 bits per heavy atom. The fourth-order valence-corrected chi connectivity index (χ4v) is 5.13. The predicted molar refractivity (Wildman–Crippen MR) is 138 cm³/mol. The van der Waals surface area contributed by atoms with E-state index in [-0.39, 0.29) is 22.9 Å². The Hall–Kier alpha value is -4.19. The van der Waals surface area contributed by atoms with Crippen LogP contribution in [0, 0.1) is 5.82 Å². The summed E-state index contributed by atoms with van der Waals surface area (Å²) < 4.78 is 69.1. The Bertz CT molecular complexity index is 1370. The molecule has 0 atom stereocenters. The minimum atomic E-state index is -4.40. The number of para-hydroxylation sites is 1. The lowest BCUT2D eigenvalue weighted by molar-refractivity contribution is -0.119. The minimum absolute atomic E-state index is 0.0110. The molecule has 3 aromatic carbocycles. The molecule has 12 heteroatoms. The van der Waals surface area contributed by atoms with E-state index in [1.165, 1.54) is 71.9 Å². The summed E-state index contributed by atoms with van der Waals surface area (Å²) in [5.41, 5.74) is 0.318. The van der Waals surface area contributed by atoms with Gasteiger partial charge in [0.2, 0.25) is 11.7 Å². The number of benzene rings is 3. The van der Waals surface area contributed by atoms with Gasteiger partial charge in [-0.25, -0.2) is 12.8 Å². The summed E-state index contributed by atoms with van der Waals surface area (Å²) in [6.07, 6.45) is 0. The number of amides is 1. The van der Waals surface area contributed by atoms with Crippen molar-refractivity contribution in [3.05, 3.63) is 66.0 Å². The number of carbonyl (C=O) groups is 1. The van der Waals surface area contributed by atoms with E-state index in [1.807, 2.05) is 0 Å². The first-order valence-electron chi connectivity index (χ1n) is 11.2. The number of rotatable bonds is 12. The van der Waals surface area contributed by atoms with Gasteiger partial charge in [0.25, 0.3) is 10.0 Å². The Morgan fingerprint density at radius 3 is 1.97 bits per heavy atom. The quantitative estimate of drug-likeness (QED) is 0.367. The highest BCUT2D eigenvalue weighted by Crippen LogP contribution is 2.38. The van der Waals surface area contributed by atoms with E-state index in [0.717, 1.165) is 6.07 Å². The third-order valence-electron chi connectivity index (χ3n) is 5.57. The van der Waals surface area contributed by atoms with Gasteiger partial charge in [0, 0.05) is 12.6 Å². The van der Waals surface area contributed by atoms with Gasteiger partial charge in [0.1, 0.15) is 12.4 Å². The largest absolute Gasteiger partial charge is 0.493 e. The second-order valence-electron chi connectivity index (χ2n) is 7.79. The second-order valence-corrected chi connectivity index (χ2v) is 9.65. The molecule has 3 rings (SSSR count). The lowest BCUT2D eigenvalue weighted by Gasteiger charge is -2.25. The van der Waals surface area contributed by atoms with Crippen molar-refractivity contribution in [2.24, 2.45) is 0 Å². The van der Waals surface area contributed by atoms with Crippen LogP contribution in [0.4, 0.5) is 10.1 Å². The maximum absolute atomic E-state index is 14.8. The first-order chi connectivity index (χ1) is 18.2. The Kier molecular flexibility index (Phi) is 9.24. The van der Waals surface area contributed by atoms with Crippen LogP contribution in [0.25, 0.3) is 0 Å². The van der Waals surface area contributed by atoms with Gasteiger partial charge in [0.05, 0.1) is 46.1 Å². The highest BCUT2D eigenvalue weighted by Gasteiger charge is 2.30. The third kappa shape index (κ3) is 6.02. The van der Waals surface area contributed by atoms with E-state index >= 15 is 0 Å². The van der Waals surface area contributed by atoms with E-state index in [9.17, 15) is 17.6 Å². The molecule has 0 aliphatic heterocycles. The van der Waals surface area contributed by atoms with Crippen molar-refractivity contribution in [3.8, 4) is 28.7 Å². The average Bonchev–Trinajstić information content (AvgIpc) is 2.93. The SMILES string of the molecule is COc1ccc(S(=O)(=O)N(CC(=O)NCc2cc(OC)c(OC)c(OC)c2)c2ccccc2F)cc1OC. The number of methoxy groups -OCH3 is 5. The van der Waals surface area contributed by atoms with Gasteiger partial charge in [-0.3, -0.25) is 9.10 Å². The van der Waals surface area contributed by atoms with Crippen LogP contribution in [0.5, 0.6) is 28.7 Å². The summed E-state index contributed by atoms with van der Waals surface area (Å²) in [4.78, 5) is 12.8. The van der Waals surface area contributed by atoms with Crippen LogP contribution in [0.3, 0.4) is 0 Å². The lowest BCUT2D eigenvalue weighted by atomic mass is 10.1. The molecular formula is C26H29FN2O8S. The number of halogens is 1. The first kappa shape index (κ1) is 28.4. The van der Waals surface area contributed by atoms with E-state index in [4.69, 9.17) is 23.7 Å². The Labute approximate surface area is 220 Å². The standard InChI is InChI=1S/C26H29FN2O8S/c1-33-21-11-10-18(14-22(21)34-2)38(31,32)29(20-9-7-6-8-19(20)27)16-25(30)28-15-17-12-23(35-3)26(37-5)24(13-17)36-4/h6-14H,15-16H2,1-5H3,(H,28,30). The number of carbonyl (C=O) groups excluding carboxylic acids is 1. The van der Waals surface area contributed by atoms with Crippen LogP contribution in [-0.2, 0) is 21.4 Å². The molecule has 0 saturated carbocycles. The topological polar surface area (TPSA) is 113 Å². The monoisotopic (exact) mass is 548 g/mol. The normalized spacial score (nSPS) is 10.9. The highest BCUT2D eigenvalue weighted by atomic mass is 32.2. The molecule has 0 saturated heterocycles. The van der Waals surface area contributed by atoms with Crippen LogP contribution in [0.15, 0.2) is 59.5 Å². The van der Waals surface area contributed by atoms with Crippen molar-refractivity contribution in [2.75, 3.05) is 46.4 Å². The molecule has 204 valence electrons. The van der Waals surface area contributed by atoms with Crippen molar-refractivity contribution in [1.82, 2.24) is 5.32 Å². The molecule has 0 radical (unpaired) electrons. The maximum atomic E-state index is 14.8. The molecule has 0 heterocycles. The van der Waals surface area contributed by atoms with Gasteiger partial charge < -0.3 is 29.0 Å². The molecule has 0 aromatic heterocycles. The third-order valence-corrected chi connectivity index (χ3v) is 7.32. The summed E-state index contributed by atoms with van der Waals surface area (Å²) in [7, 11) is 2.77. The fraction of sp³-hybridized carbons (Fsp3) is 0.269. The fourth-order valence-electron chi connectivity index (χ4n) is 3.68. The predicted octanol–water partition coefficient (Wildman–Crippen LogP) is 3.38. The van der Waals surface area contributed by atoms with E-state index in [0.29, 0.717) is 32.9 Å². The number of nitrogens with zero attached hydrogens (tertiary/aromatic N) is 1. The summed E-state index contributed by atoms with van der Waals surface area (Å²) in [6, 6.07) is 12.5. The van der Waals surface area contributed by atoms with E-state index in [1.54, 1.807) is 12.1 Å². The number of sulfonamides is 1. The molecule has 38 heavy (non-hydrogen) atoms. The van der Waals surface area contributed by atoms with Gasteiger partial charge in [-0.1, -0.05) is 12.1 Å². The second kappa shape index (κ2) is 12.4. The molecule has 0 bridgehead atoms. The van der Waals surface area contributed by atoms with E-state index in [2.05, 4.69) is 5.32 Å². The summed E-state index contributed by atoms with van der Waals surface area (Å²) >= 11 is 0. The first-order valence-corrected chi connectivity index (χ1v) is 12.7. The van der Waals surface area contributed by atoms with Crippen LogP contribution >= 0.6 is 0 Å². The molecule has 3 aromatic rings. The molecule has 0 fully saturated rings. The van der Waals surface area contributed by atoms with Crippen molar-refractivity contribution in [3.63, 3.8) is 0 Å². The molecule has 1 amide bonds. The van der Waals surface area contributed by atoms with Crippen LogP contribution in [-0.4, -0.2) is 56.4 Å². The number of hydrogen-bond donors (Lipinski definition) is 1.